The maximum Gasteiger partial charge on any atom is 0.269 e. The quantitative estimate of drug-likeness (QED) is 0.497. The lowest BCUT2D eigenvalue weighted by Crippen LogP contribution is -2.29. The molecule has 122 valence electrons. The number of para-hydroxylation sites is 1. The summed E-state index contributed by atoms with van der Waals surface area (Å²) in [5, 5.41) is 14.4. The molecule has 5 heteroatoms. The summed E-state index contributed by atoms with van der Waals surface area (Å²) in [5.74, 6) is 0.599. The predicted octanol–water partition coefficient (Wildman–Crippen LogP) is 4.89. The van der Waals surface area contributed by atoms with Gasteiger partial charge in [0.2, 0.25) is 0 Å². The smallest absolute Gasteiger partial charge is 0.269 e. The van der Waals surface area contributed by atoms with Gasteiger partial charge in [-0.15, -0.1) is 0 Å². The molecule has 0 saturated carbocycles. The van der Waals surface area contributed by atoms with Gasteiger partial charge < -0.3 is 5.32 Å². The molecule has 4 rings (SSSR count). The molecule has 1 aliphatic heterocycles. The van der Waals surface area contributed by atoms with E-state index in [2.05, 4.69) is 23.5 Å². The molecule has 0 radical (unpaired) electrons. The van der Waals surface area contributed by atoms with Crippen molar-refractivity contribution in [2.24, 2.45) is 5.92 Å². The zero-order valence-electron chi connectivity index (χ0n) is 13.0. The highest BCUT2D eigenvalue weighted by Gasteiger charge is 2.38. The maximum atomic E-state index is 13.4. The van der Waals surface area contributed by atoms with Crippen LogP contribution in [0.5, 0.6) is 0 Å². The van der Waals surface area contributed by atoms with Crippen molar-refractivity contribution in [3.63, 3.8) is 0 Å². The molecule has 2 aliphatic rings. The van der Waals surface area contributed by atoms with Crippen LogP contribution in [0.1, 0.15) is 35.1 Å². The first-order valence-corrected chi connectivity index (χ1v) is 8.04. The molecule has 1 aliphatic carbocycles. The second-order valence-corrected chi connectivity index (χ2v) is 6.34. The number of halogens is 1. The van der Waals surface area contributed by atoms with Gasteiger partial charge in [-0.3, -0.25) is 10.1 Å². The van der Waals surface area contributed by atoms with Crippen LogP contribution in [-0.2, 0) is 6.67 Å². The van der Waals surface area contributed by atoms with E-state index in [4.69, 9.17) is 0 Å². The minimum Gasteiger partial charge on any atom is -0.377 e. The third-order valence-corrected chi connectivity index (χ3v) is 5.09. The van der Waals surface area contributed by atoms with E-state index in [9.17, 15) is 14.5 Å². The Hall–Kier alpha value is -2.69. The monoisotopic (exact) mass is 324 g/mol. The molecule has 2 aromatic carbocycles. The van der Waals surface area contributed by atoms with Gasteiger partial charge in [0, 0.05) is 29.3 Å². The number of benzene rings is 2. The van der Waals surface area contributed by atoms with Crippen LogP contribution in [0.4, 0.5) is 15.8 Å². The Morgan fingerprint density at radius 2 is 2.00 bits per heavy atom. The van der Waals surface area contributed by atoms with Crippen LogP contribution in [0.25, 0.3) is 0 Å². The standard InChI is InChI=1S/C19H17FN2O2/c20-11-13-3-1-5-17-15-4-2-6-16(15)18(21-19(13)17)12-7-9-14(10-8-12)22(23)24/h1-5,7-10,15-16,18,21H,6,11H2. The molecule has 1 N–H and O–H groups in total. The van der Waals surface area contributed by atoms with E-state index in [1.54, 1.807) is 18.2 Å². The fourth-order valence-electron chi connectivity index (χ4n) is 3.93. The van der Waals surface area contributed by atoms with Crippen molar-refractivity contribution < 1.29 is 9.31 Å². The summed E-state index contributed by atoms with van der Waals surface area (Å²) in [6.45, 7) is -0.510. The van der Waals surface area contributed by atoms with E-state index in [1.807, 2.05) is 6.07 Å². The Bertz CT molecular complexity index is 817. The van der Waals surface area contributed by atoms with Gasteiger partial charge in [-0.25, -0.2) is 4.39 Å². The molecule has 24 heavy (non-hydrogen) atoms. The van der Waals surface area contributed by atoms with E-state index < -0.39 is 11.6 Å². The average molecular weight is 324 g/mol. The molecule has 3 unspecified atom stereocenters. The molecule has 3 atom stereocenters. The summed E-state index contributed by atoms with van der Waals surface area (Å²) < 4.78 is 13.4. The van der Waals surface area contributed by atoms with Gasteiger partial charge >= 0.3 is 0 Å². The van der Waals surface area contributed by atoms with Crippen molar-refractivity contribution in [2.45, 2.75) is 25.1 Å². The van der Waals surface area contributed by atoms with Crippen molar-refractivity contribution in [1.82, 2.24) is 0 Å². The maximum absolute atomic E-state index is 13.4. The van der Waals surface area contributed by atoms with Gasteiger partial charge in [0.15, 0.2) is 0 Å². The second-order valence-electron chi connectivity index (χ2n) is 6.34. The van der Waals surface area contributed by atoms with Crippen molar-refractivity contribution in [3.05, 3.63) is 81.4 Å². The minimum absolute atomic E-state index is 0.0194. The zero-order chi connectivity index (χ0) is 16.7. The van der Waals surface area contributed by atoms with E-state index in [0.29, 0.717) is 11.5 Å². The van der Waals surface area contributed by atoms with Crippen LogP contribution in [0.3, 0.4) is 0 Å². The Morgan fingerprint density at radius 3 is 2.71 bits per heavy atom. The average Bonchev–Trinajstić information content (AvgIpc) is 3.10. The molecular formula is C19H17FN2O2. The van der Waals surface area contributed by atoms with Crippen LogP contribution in [0, 0.1) is 16.0 Å². The third kappa shape index (κ3) is 2.28. The van der Waals surface area contributed by atoms with Crippen molar-refractivity contribution >= 4 is 11.4 Å². The summed E-state index contributed by atoms with van der Waals surface area (Å²) in [5.41, 5.74) is 3.76. The summed E-state index contributed by atoms with van der Waals surface area (Å²) in [6, 6.07) is 12.5. The van der Waals surface area contributed by atoms with Gasteiger partial charge in [-0.05, 0) is 23.5 Å². The molecule has 4 nitrogen and oxygen atoms in total. The number of nitrogens with zero attached hydrogens (tertiary/aromatic N) is 1. The number of non-ortho nitro benzene ring substituents is 1. The van der Waals surface area contributed by atoms with Crippen molar-refractivity contribution in [2.75, 3.05) is 5.32 Å². The van der Waals surface area contributed by atoms with Gasteiger partial charge in [-0.2, -0.15) is 0 Å². The Morgan fingerprint density at radius 1 is 1.21 bits per heavy atom. The first-order valence-electron chi connectivity index (χ1n) is 8.04. The van der Waals surface area contributed by atoms with Crippen LogP contribution < -0.4 is 5.32 Å². The highest BCUT2D eigenvalue weighted by molar-refractivity contribution is 5.64. The predicted molar refractivity (Wildman–Crippen MR) is 90.7 cm³/mol. The molecule has 0 fully saturated rings. The molecule has 2 aromatic rings. The Balaban J connectivity index is 1.76. The molecule has 0 amide bonds. The SMILES string of the molecule is O=[N+]([O-])c1ccc(C2Nc3c(CF)cccc3C3C=CCC32)cc1. The molecule has 1 heterocycles. The molecule has 0 aromatic heterocycles. The van der Waals surface area contributed by atoms with E-state index >= 15 is 0 Å². The number of hydrogen-bond acceptors (Lipinski definition) is 3. The van der Waals surface area contributed by atoms with Gasteiger partial charge in [0.25, 0.3) is 5.69 Å². The normalized spacial score (nSPS) is 24.1. The summed E-state index contributed by atoms with van der Waals surface area (Å²) in [4.78, 5) is 10.5. The zero-order valence-corrected chi connectivity index (χ0v) is 13.0. The first kappa shape index (κ1) is 14.9. The number of nitrogens with one attached hydrogen (secondary N) is 1. The van der Waals surface area contributed by atoms with E-state index in [0.717, 1.165) is 23.2 Å². The number of alkyl halides is 1. The largest absolute Gasteiger partial charge is 0.377 e. The molecule has 0 spiro atoms. The first-order chi connectivity index (χ1) is 11.7. The number of hydrogen-bond donors (Lipinski definition) is 1. The van der Waals surface area contributed by atoms with Crippen LogP contribution in [0.15, 0.2) is 54.6 Å². The van der Waals surface area contributed by atoms with Gasteiger partial charge in [0.1, 0.15) is 6.67 Å². The van der Waals surface area contributed by atoms with Crippen LogP contribution in [-0.4, -0.2) is 4.92 Å². The third-order valence-electron chi connectivity index (χ3n) is 5.09. The number of nitro benzene ring substituents is 1. The highest BCUT2D eigenvalue weighted by Crippen LogP contribution is 2.50. The summed E-state index contributed by atoms with van der Waals surface area (Å²) in [6.07, 6.45) is 5.32. The Labute approximate surface area is 139 Å². The number of nitro groups is 1. The summed E-state index contributed by atoms with van der Waals surface area (Å²) >= 11 is 0. The fourth-order valence-corrected chi connectivity index (χ4v) is 3.93. The number of fused-ring (bicyclic) bond motifs is 3. The molecule has 0 bridgehead atoms. The minimum atomic E-state index is -0.510. The lowest BCUT2D eigenvalue weighted by atomic mass is 9.76. The molecular weight excluding hydrogens is 307 g/mol. The fraction of sp³-hybridized carbons (Fsp3) is 0.263. The van der Waals surface area contributed by atoms with Crippen LogP contribution in [0.2, 0.25) is 0 Å². The van der Waals surface area contributed by atoms with Gasteiger partial charge in [0.05, 0.1) is 11.0 Å². The van der Waals surface area contributed by atoms with Crippen LogP contribution >= 0.6 is 0 Å². The lowest BCUT2D eigenvalue weighted by molar-refractivity contribution is -0.384. The van der Waals surface area contributed by atoms with Crippen molar-refractivity contribution in [3.8, 4) is 0 Å². The summed E-state index contributed by atoms with van der Waals surface area (Å²) in [7, 11) is 0. The number of rotatable bonds is 3. The Kier molecular flexibility index (Phi) is 3.56. The molecule has 0 saturated heterocycles. The topological polar surface area (TPSA) is 55.2 Å². The van der Waals surface area contributed by atoms with E-state index in [1.165, 1.54) is 12.1 Å². The van der Waals surface area contributed by atoms with E-state index in [-0.39, 0.29) is 17.6 Å². The second kappa shape index (κ2) is 5.74. The number of anilines is 1. The highest BCUT2D eigenvalue weighted by atomic mass is 19.1. The van der Waals surface area contributed by atoms with Gasteiger partial charge in [-0.1, -0.05) is 42.5 Å². The lowest BCUT2D eigenvalue weighted by Gasteiger charge is -2.38. The van der Waals surface area contributed by atoms with Crippen molar-refractivity contribution in [1.29, 1.82) is 0 Å². The number of allylic oxidation sites excluding steroid dienone is 2.